The first-order valence-electron chi connectivity index (χ1n) is 5.44. The van der Waals surface area contributed by atoms with Crippen LogP contribution in [0.15, 0.2) is 18.2 Å². The van der Waals surface area contributed by atoms with E-state index >= 15 is 0 Å². The predicted octanol–water partition coefficient (Wildman–Crippen LogP) is 1.78. The van der Waals surface area contributed by atoms with Gasteiger partial charge >= 0.3 is 0 Å². The van der Waals surface area contributed by atoms with E-state index < -0.39 is 11.6 Å². The van der Waals surface area contributed by atoms with Crippen molar-refractivity contribution in [2.75, 3.05) is 6.54 Å². The SMILES string of the molecule is CC(N)CC(=O)NCCc1cc(F)cc(F)c1.Cl. The number of rotatable bonds is 5. The smallest absolute Gasteiger partial charge is 0.221 e. The van der Waals surface area contributed by atoms with Crippen molar-refractivity contribution >= 4 is 18.3 Å². The topological polar surface area (TPSA) is 55.1 Å². The molecule has 0 saturated carbocycles. The Kier molecular flexibility index (Phi) is 7.47. The molecule has 6 heteroatoms. The zero-order valence-electron chi connectivity index (χ0n) is 10.1. The van der Waals surface area contributed by atoms with Crippen LogP contribution in [0.25, 0.3) is 0 Å². The number of nitrogens with two attached hydrogens (primary N) is 1. The Bertz CT molecular complexity index is 379. The lowest BCUT2D eigenvalue weighted by Crippen LogP contribution is -2.31. The first kappa shape index (κ1) is 16.8. The molecule has 0 saturated heterocycles. The van der Waals surface area contributed by atoms with Crippen LogP contribution in [0.1, 0.15) is 18.9 Å². The molecule has 18 heavy (non-hydrogen) atoms. The number of nitrogens with one attached hydrogen (secondary N) is 1. The van der Waals surface area contributed by atoms with Crippen LogP contribution in [0.3, 0.4) is 0 Å². The van der Waals surface area contributed by atoms with Crippen molar-refractivity contribution in [1.29, 1.82) is 0 Å². The van der Waals surface area contributed by atoms with Crippen LogP contribution in [0.5, 0.6) is 0 Å². The lowest BCUT2D eigenvalue weighted by Gasteiger charge is -2.07. The molecular weight excluding hydrogens is 262 g/mol. The largest absolute Gasteiger partial charge is 0.356 e. The second kappa shape index (κ2) is 8.00. The van der Waals surface area contributed by atoms with Crippen LogP contribution in [-0.4, -0.2) is 18.5 Å². The van der Waals surface area contributed by atoms with Crippen LogP contribution in [-0.2, 0) is 11.2 Å². The molecule has 3 nitrogen and oxygen atoms in total. The standard InChI is InChI=1S/C12H16F2N2O.ClH/c1-8(15)4-12(17)16-3-2-9-5-10(13)7-11(14)6-9;/h5-8H,2-4,15H2,1H3,(H,16,17);1H. The van der Waals surface area contributed by atoms with Gasteiger partial charge in [0, 0.05) is 25.1 Å². The molecule has 0 aromatic heterocycles. The summed E-state index contributed by atoms with van der Waals surface area (Å²) >= 11 is 0. The summed E-state index contributed by atoms with van der Waals surface area (Å²) in [6.07, 6.45) is 0.636. The van der Waals surface area contributed by atoms with Gasteiger partial charge < -0.3 is 11.1 Å². The molecule has 1 atom stereocenters. The summed E-state index contributed by atoms with van der Waals surface area (Å²) in [5, 5.41) is 2.64. The van der Waals surface area contributed by atoms with Crippen LogP contribution >= 0.6 is 12.4 Å². The van der Waals surface area contributed by atoms with Gasteiger partial charge in [0.1, 0.15) is 11.6 Å². The fraction of sp³-hybridized carbons (Fsp3) is 0.417. The number of hydrogen-bond donors (Lipinski definition) is 2. The van der Waals surface area contributed by atoms with Crippen LogP contribution in [0.4, 0.5) is 8.78 Å². The average molecular weight is 279 g/mol. The summed E-state index contributed by atoms with van der Waals surface area (Å²) in [5.74, 6) is -1.37. The molecule has 0 fully saturated rings. The Balaban J connectivity index is 0.00000289. The molecule has 1 aromatic rings. The summed E-state index contributed by atoms with van der Waals surface area (Å²) in [5.41, 5.74) is 5.97. The van der Waals surface area contributed by atoms with Crippen molar-refractivity contribution in [2.45, 2.75) is 25.8 Å². The van der Waals surface area contributed by atoms with E-state index in [0.29, 0.717) is 18.5 Å². The van der Waals surface area contributed by atoms with Gasteiger partial charge in [0.25, 0.3) is 0 Å². The van der Waals surface area contributed by atoms with E-state index in [4.69, 9.17) is 5.73 Å². The fourth-order valence-corrected chi connectivity index (χ4v) is 1.47. The molecule has 1 aromatic carbocycles. The van der Waals surface area contributed by atoms with Crippen molar-refractivity contribution in [3.05, 3.63) is 35.4 Å². The molecule has 0 aliphatic carbocycles. The third kappa shape index (κ3) is 6.51. The predicted molar refractivity (Wildman–Crippen MR) is 68.6 cm³/mol. The molecule has 0 spiro atoms. The van der Waals surface area contributed by atoms with Crippen molar-refractivity contribution in [3.8, 4) is 0 Å². The summed E-state index contributed by atoms with van der Waals surface area (Å²) in [4.78, 5) is 11.2. The second-order valence-corrected chi connectivity index (χ2v) is 4.06. The number of carbonyl (C=O) groups excluding carboxylic acids is 1. The minimum absolute atomic E-state index is 0. The summed E-state index contributed by atoms with van der Waals surface area (Å²) < 4.78 is 25.7. The van der Waals surface area contributed by atoms with Gasteiger partial charge in [-0.25, -0.2) is 8.78 Å². The van der Waals surface area contributed by atoms with Crippen molar-refractivity contribution in [2.24, 2.45) is 5.73 Å². The van der Waals surface area contributed by atoms with Gasteiger partial charge in [0.15, 0.2) is 0 Å². The van der Waals surface area contributed by atoms with E-state index in [0.717, 1.165) is 6.07 Å². The molecule has 0 heterocycles. The number of benzene rings is 1. The van der Waals surface area contributed by atoms with Gasteiger partial charge in [-0.3, -0.25) is 4.79 Å². The van der Waals surface area contributed by atoms with E-state index in [1.807, 2.05) is 0 Å². The zero-order chi connectivity index (χ0) is 12.8. The average Bonchev–Trinajstić information content (AvgIpc) is 2.14. The molecule has 0 bridgehead atoms. The molecule has 1 amide bonds. The monoisotopic (exact) mass is 278 g/mol. The third-order valence-corrected chi connectivity index (χ3v) is 2.17. The second-order valence-electron chi connectivity index (χ2n) is 4.06. The van der Waals surface area contributed by atoms with Crippen molar-refractivity contribution < 1.29 is 13.6 Å². The Morgan fingerprint density at radius 3 is 2.39 bits per heavy atom. The quantitative estimate of drug-likeness (QED) is 0.863. The molecule has 0 aliphatic heterocycles. The lowest BCUT2D eigenvalue weighted by atomic mass is 10.1. The maximum absolute atomic E-state index is 12.8. The first-order valence-corrected chi connectivity index (χ1v) is 5.44. The van der Waals surface area contributed by atoms with Gasteiger partial charge in [-0.05, 0) is 31.0 Å². The molecular formula is C12H17ClF2N2O. The first-order chi connectivity index (χ1) is 7.97. The molecule has 3 N–H and O–H groups in total. The van der Waals surface area contributed by atoms with E-state index in [1.165, 1.54) is 12.1 Å². The highest BCUT2D eigenvalue weighted by atomic mass is 35.5. The van der Waals surface area contributed by atoms with Crippen LogP contribution in [0.2, 0.25) is 0 Å². The van der Waals surface area contributed by atoms with Gasteiger partial charge in [-0.1, -0.05) is 0 Å². The number of amides is 1. The highest BCUT2D eigenvalue weighted by Gasteiger charge is 2.05. The minimum Gasteiger partial charge on any atom is -0.356 e. The molecule has 1 rings (SSSR count). The Labute approximate surface area is 111 Å². The Morgan fingerprint density at radius 1 is 1.33 bits per heavy atom. The van der Waals surface area contributed by atoms with E-state index in [-0.39, 0.29) is 30.8 Å². The summed E-state index contributed by atoms with van der Waals surface area (Å²) in [6.45, 7) is 2.08. The highest BCUT2D eigenvalue weighted by Crippen LogP contribution is 2.08. The number of halogens is 3. The summed E-state index contributed by atoms with van der Waals surface area (Å²) in [6, 6.07) is 3.13. The van der Waals surface area contributed by atoms with Gasteiger partial charge in [-0.15, -0.1) is 12.4 Å². The normalized spacial score (nSPS) is 11.6. The molecule has 0 aliphatic rings. The van der Waals surface area contributed by atoms with Crippen LogP contribution in [0, 0.1) is 11.6 Å². The minimum atomic E-state index is -0.609. The highest BCUT2D eigenvalue weighted by molar-refractivity contribution is 5.85. The Morgan fingerprint density at radius 2 is 1.89 bits per heavy atom. The Hall–Kier alpha value is -1.20. The van der Waals surface area contributed by atoms with E-state index in [9.17, 15) is 13.6 Å². The zero-order valence-corrected chi connectivity index (χ0v) is 10.9. The maximum atomic E-state index is 12.8. The third-order valence-electron chi connectivity index (χ3n) is 2.17. The van der Waals surface area contributed by atoms with Crippen molar-refractivity contribution in [1.82, 2.24) is 5.32 Å². The van der Waals surface area contributed by atoms with Gasteiger partial charge in [0.05, 0.1) is 0 Å². The van der Waals surface area contributed by atoms with Crippen molar-refractivity contribution in [3.63, 3.8) is 0 Å². The number of hydrogen-bond acceptors (Lipinski definition) is 2. The van der Waals surface area contributed by atoms with Gasteiger partial charge in [0.2, 0.25) is 5.91 Å². The van der Waals surface area contributed by atoms with Gasteiger partial charge in [-0.2, -0.15) is 0 Å². The van der Waals surface area contributed by atoms with E-state index in [1.54, 1.807) is 6.92 Å². The fourth-order valence-electron chi connectivity index (χ4n) is 1.47. The van der Waals surface area contributed by atoms with Crippen LogP contribution < -0.4 is 11.1 Å². The molecule has 102 valence electrons. The molecule has 0 radical (unpaired) electrons. The summed E-state index contributed by atoms with van der Waals surface area (Å²) in [7, 11) is 0. The van der Waals surface area contributed by atoms with E-state index in [2.05, 4.69) is 5.32 Å². The number of carbonyl (C=O) groups is 1. The lowest BCUT2D eigenvalue weighted by molar-refractivity contribution is -0.121. The molecule has 1 unspecified atom stereocenters. The maximum Gasteiger partial charge on any atom is 0.221 e.